The van der Waals surface area contributed by atoms with Gasteiger partial charge in [0.15, 0.2) is 0 Å². The van der Waals surface area contributed by atoms with E-state index in [1.165, 1.54) is 14.2 Å². The van der Waals surface area contributed by atoms with E-state index >= 15 is 0 Å². The van der Waals surface area contributed by atoms with Crippen LogP contribution in [0.4, 0.5) is 4.79 Å². The van der Waals surface area contributed by atoms with E-state index in [0.717, 1.165) is 17.7 Å². The van der Waals surface area contributed by atoms with Crippen molar-refractivity contribution in [2.45, 2.75) is 31.4 Å². The SMILES string of the molecule is COc1ccc(OC)c(C(O)CN2C(=O)NC(C)(C3CC3)C2=O)c1. The maximum absolute atomic E-state index is 12.6. The molecule has 24 heavy (non-hydrogen) atoms. The number of benzene rings is 1. The fraction of sp³-hybridized carbons (Fsp3) is 0.529. The number of rotatable bonds is 6. The molecule has 1 aromatic carbocycles. The van der Waals surface area contributed by atoms with Crippen molar-refractivity contribution >= 4 is 11.9 Å². The van der Waals surface area contributed by atoms with Crippen LogP contribution in [0.15, 0.2) is 18.2 Å². The zero-order valence-electron chi connectivity index (χ0n) is 14.0. The number of urea groups is 1. The molecule has 130 valence electrons. The highest BCUT2D eigenvalue weighted by Gasteiger charge is 2.56. The zero-order chi connectivity index (χ0) is 17.5. The fourth-order valence-corrected chi connectivity index (χ4v) is 3.19. The van der Waals surface area contributed by atoms with Crippen LogP contribution in [0.5, 0.6) is 11.5 Å². The minimum atomic E-state index is -1.06. The second-order valence-electron chi connectivity index (χ2n) is 6.45. The Balaban J connectivity index is 1.81. The lowest BCUT2D eigenvalue weighted by Gasteiger charge is -2.23. The molecule has 1 saturated heterocycles. The van der Waals surface area contributed by atoms with Crippen molar-refractivity contribution in [1.82, 2.24) is 10.2 Å². The van der Waals surface area contributed by atoms with Crippen molar-refractivity contribution in [2.75, 3.05) is 20.8 Å². The smallest absolute Gasteiger partial charge is 0.325 e. The molecule has 0 spiro atoms. The first-order chi connectivity index (χ1) is 11.4. The van der Waals surface area contributed by atoms with E-state index in [2.05, 4.69) is 5.32 Å². The number of β-amino-alcohol motifs (C(OH)–C–C–N with tert-alkyl or cyclic N) is 1. The predicted molar refractivity (Wildman–Crippen MR) is 85.9 cm³/mol. The van der Waals surface area contributed by atoms with Crippen LogP contribution < -0.4 is 14.8 Å². The van der Waals surface area contributed by atoms with Gasteiger partial charge in [-0.3, -0.25) is 9.69 Å². The maximum atomic E-state index is 12.6. The number of imide groups is 1. The van der Waals surface area contributed by atoms with Gasteiger partial charge in [0.2, 0.25) is 0 Å². The molecule has 2 N–H and O–H groups in total. The molecule has 1 saturated carbocycles. The number of aliphatic hydroxyl groups is 1. The third kappa shape index (κ3) is 2.69. The molecule has 0 radical (unpaired) electrons. The van der Waals surface area contributed by atoms with Crippen molar-refractivity contribution in [1.29, 1.82) is 0 Å². The summed E-state index contributed by atoms with van der Waals surface area (Å²) in [6, 6.07) is 4.57. The van der Waals surface area contributed by atoms with Crippen molar-refractivity contribution in [3.63, 3.8) is 0 Å². The van der Waals surface area contributed by atoms with Gasteiger partial charge in [-0.25, -0.2) is 4.79 Å². The molecule has 7 nitrogen and oxygen atoms in total. The Kier molecular flexibility index (Phi) is 4.13. The third-order valence-corrected chi connectivity index (χ3v) is 4.85. The number of amides is 3. The molecular formula is C17H22N2O5. The summed E-state index contributed by atoms with van der Waals surface area (Å²) in [5.41, 5.74) is -0.382. The van der Waals surface area contributed by atoms with Gasteiger partial charge in [0, 0.05) is 5.56 Å². The summed E-state index contributed by atoms with van der Waals surface area (Å²) in [5.74, 6) is 0.934. The summed E-state index contributed by atoms with van der Waals surface area (Å²) in [6.45, 7) is 1.62. The van der Waals surface area contributed by atoms with Gasteiger partial charge in [-0.1, -0.05) is 0 Å². The molecule has 1 aliphatic heterocycles. The Morgan fingerprint density at radius 3 is 2.62 bits per heavy atom. The zero-order valence-corrected chi connectivity index (χ0v) is 14.0. The molecule has 1 aliphatic carbocycles. The monoisotopic (exact) mass is 334 g/mol. The Labute approximate surface area is 140 Å². The molecule has 2 unspecified atom stereocenters. The highest BCUT2D eigenvalue weighted by molar-refractivity contribution is 6.07. The molecule has 0 aromatic heterocycles. The van der Waals surface area contributed by atoms with Crippen molar-refractivity contribution in [3.05, 3.63) is 23.8 Å². The number of methoxy groups -OCH3 is 2. The highest BCUT2D eigenvalue weighted by Crippen LogP contribution is 2.43. The van der Waals surface area contributed by atoms with E-state index in [9.17, 15) is 14.7 Å². The minimum Gasteiger partial charge on any atom is -0.497 e. The molecule has 2 aliphatic rings. The third-order valence-electron chi connectivity index (χ3n) is 4.85. The summed E-state index contributed by atoms with van der Waals surface area (Å²) in [5, 5.41) is 13.3. The average molecular weight is 334 g/mol. The average Bonchev–Trinajstić information content (AvgIpc) is 3.40. The van der Waals surface area contributed by atoms with E-state index in [-0.39, 0.29) is 18.4 Å². The van der Waals surface area contributed by atoms with E-state index in [0.29, 0.717) is 17.1 Å². The number of ether oxygens (including phenoxy) is 2. The van der Waals surface area contributed by atoms with E-state index in [4.69, 9.17) is 9.47 Å². The van der Waals surface area contributed by atoms with Gasteiger partial charge in [-0.15, -0.1) is 0 Å². The molecule has 3 rings (SSSR count). The highest BCUT2D eigenvalue weighted by atomic mass is 16.5. The van der Waals surface area contributed by atoms with Gasteiger partial charge in [0.1, 0.15) is 23.1 Å². The molecular weight excluding hydrogens is 312 g/mol. The van der Waals surface area contributed by atoms with Crippen LogP contribution in [0.3, 0.4) is 0 Å². The van der Waals surface area contributed by atoms with E-state index in [1.54, 1.807) is 25.1 Å². The Morgan fingerprint density at radius 1 is 1.33 bits per heavy atom. The van der Waals surface area contributed by atoms with E-state index in [1.807, 2.05) is 0 Å². The second kappa shape index (κ2) is 5.98. The number of aliphatic hydroxyl groups excluding tert-OH is 1. The minimum absolute atomic E-state index is 0.128. The molecule has 3 amide bonds. The number of hydrogen-bond donors (Lipinski definition) is 2. The first-order valence-electron chi connectivity index (χ1n) is 7.94. The maximum Gasteiger partial charge on any atom is 0.325 e. The number of carbonyl (C=O) groups excluding carboxylic acids is 2. The van der Waals surface area contributed by atoms with E-state index < -0.39 is 17.7 Å². The predicted octanol–water partition coefficient (Wildman–Crippen LogP) is 1.46. The lowest BCUT2D eigenvalue weighted by molar-refractivity contribution is -0.132. The standard InChI is InChI=1S/C17H22N2O5/c1-17(10-4-5-10)15(21)19(16(22)18-17)9-13(20)12-8-11(23-2)6-7-14(12)24-3/h6-8,10,13,20H,4-5,9H2,1-3H3,(H,18,22). The Morgan fingerprint density at radius 2 is 2.04 bits per heavy atom. The lowest BCUT2D eigenvalue weighted by Crippen LogP contribution is -2.46. The van der Waals surface area contributed by atoms with Gasteiger partial charge in [-0.05, 0) is 43.9 Å². The van der Waals surface area contributed by atoms with Crippen LogP contribution in [0.1, 0.15) is 31.4 Å². The van der Waals surface area contributed by atoms with Crippen LogP contribution in [0.25, 0.3) is 0 Å². The van der Waals surface area contributed by atoms with Crippen LogP contribution in [0, 0.1) is 5.92 Å². The van der Waals surface area contributed by atoms with Crippen LogP contribution in [-0.2, 0) is 4.79 Å². The van der Waals surface area contributed by atoms with Crippen LogP contribution in [-0.4, -0.2) is 48.2 Å². The summed E-state index contributed by atoms with van der Waals surface area (Å²) in [6.07, 6.45) is 0.803. The number of nitrogens with one attached hydrogen (secondary N) is 1. The van der Waals surface area contributed by atoms with Crippen LogP contribution >= 0.6 is 0 Å². The largest absolute Gasteiger partial charge is 0.497 e. The Hall–Kier alpha value is -2.28. The summed E-state index contributed by atoms with van der Waals surface area (Å²) in [4.78, 5) is 25.9. The number of carbonyl (C=O) groups is 2. The Bertz CT molecular complexity index is 673. The molecule has 1 heterocycles. The summed E-state index contributed by atoms with van der Waals surface area (Å²) < 4.78 is 10.4. The first-order valence-corrected chi connectivity index (χ1v) is 7.94. The number of hydrogen-bond acceptors (Lipinski definition) is 5. The summed E-state index contributed by atoms with van der Waals surface area (Å²) in [7, 11) is 3.02. The van der Waals surface area contributed by atoms with Gasteiger partial charge in [0.25, 0.3) is 5.91 Å². The fourth-order valence-electron chi connectivity index (χ4n) is 3.19. The molecule has 2 fully saturated rings. The topological polar surface area (TPSA) is 88.1 Å². The van der Waals surface area contributed by atoms with Gasteiger partial charge in [-0.2, -0.15) is 0 Å². The normalized spacial score (nSPS) is 24.8. The van der Waals surface area contributed by atoms with Gasteiger partial charge < -0.3 is 19.9 Å². The van der Waals surface area contributed by atoms with Gasteiger partial charge >= 0.3 is 6.03 Å². The quantitative estimate of drug-likeness (QED) is 0.769. The van der Waals surface area contributed by atoms with Gasteiger partial charge in [0.05, 0.1) is 20.8 Å². The molecule has 7 heteroatoms. The summed E-state index contributed by atoms with van der Waals surface area (Å²) >= 11 is 0. The molecule has 2 atom stereocenters. The van der Waals surface area contributed by atoms with Crippen molar-refractivity contribution in [3.8, 4) is 11.5 Å². The molecule has 1 aromatic rings. The van der Waals surface area contributed by atoms with Crippen molar-refractivity contribution < 1.29 is 24.2 Å². The van der Waals surface area contributed by atoms with Crippen LogP contribution in [0.2, 0.25) is 0 Å². The first kappa shape index (κ1) is 16.6. The lowest BCUT2D eigenvalue weighted by atomic mass is 9.96. The number of nitrogens with zero attached hydrogens (tertiary/aromatic N) is 1. The molecule has 0 bridgehead atoms. The second-order valence-corrected chi connectivity index (χ2v) is 6.45. The van der Waals surface area contributed by atoms with Crippen molar-refractivity contribution in [2.24, 2.45) is 5.92 Å².